The number of fused-ring (bicyclic) bond motifs is 1. The predicted octanol–water partition coefficient (Wildman–Crippen LogP) is 3.14. The van der Waals surface area contributed by atoms with E-state index in [-0.39, 0.29) is 35.7 Å². The lowest BCUT2D eigenvalue weighted by Crippen LogP contribution is -2.36. The summed E-state index contributed by atoms with van der Waals surface area (Å²) in [6, 6.07) is 11.4. The van der Waals surface area contributed by atoms with E-state index < -0.39 is 15.8 Å². The maximum atomic E-state index is 14.0. The average Bonchev–Trinajstić information content (AvgIpc) is 3.28. The molecule has 1 fully saturated rings. The van der Waals surface area contributed by atoms with Crippen LogP contribution in [0.2, 0.25) is 0 Å². The van der Waals surface area contributed by atoms with Crippen LogP contribution >= 0.6 is 0 Å². The van der Waals surface area contributed by atoms with Gasteiger partial charge in [0.25, 0.3) is 0 Å². The lowest BCUT2D eigenvalue weighted by molar-refractivity contribution is -0.121. The summed E-state index contributed by atoms with van der Waals surface area (Å²) in [5.74, 6) is -0.367. The molecule has 0 saturated carbocycles. The van der Waals surface area contributed by atoms with Gasteiger partial charge < -0.3 is 15.0 Å². The largest absolute Gasteiger partial charge is 0.496 e. The Morgan fingerprint density at radius 3 is 2.80 bits per heavy atom. The summed E-state index contributed by atoms with van der Waals surface area (Å²) in [6.45, 7) is 0. The fourth-order valence-electron chi connectivity index (χ4n) is 4.13. The van der Waals surface area contributed by atoms with E-state index in [0.717, 1.165) is 16.5 Å². The van der Waals surface area contributed by atoms with E-state index in [0.29, 0.717) is 17.7 Å². The highest BCUT2D eigenvalue weighted by molar-refractivity contribution is 7.91. The zero-order valence-electron chi connectivity index (χ0n) is 16.5. The van der Waals surface area contributed by atoms with E-state index in [4.69, 9.17) is 4.74 Å². The second-order valence-corrected chi connectivity index (χ2v) is 9.83. The predicted molar refractivity (Wildman–Crippen MR) is 113 cm³/mol. The van der Waals surface area contributed by atoms with Crippen molar-refractivity contribution in [2.24, 2.45) is 0 Å². The van der Waals surface area contributed by atoms with Gasteiger partial charge in [0.2, 0.25) is 5.91 Å². The summed E-state index contributed by atoms with van der Waals surface area (Å²) in [6.07, 6.45) is 2.29. The second-order valence-electron chi connectivity index (χ2n) is 7.61. The lowest BCUT2D eigenvalue weighted by Gasteiger charge is -2.19. The Morgan fingerprint density at radius 2 is 2.10 bits per heavy atom. The van der Waals surface area contributed by atoms with E-state index in [9.17, 15) is 17.6 Å². The van der Waals surface area contributed by atoms with Gasteiger partial charge in [0.1, 0.15) is 11.6 Å². The van der Waals surface area contributed by atoms with E-state index in [1.165, 1.54) is 12.1 Å². The molecule has 0 aliphatic carbocycles. The molecule has 1 aromatic heterocycles. The number of carbonyl (C=O) groups is 1. The lowest BCUT2D eigenvalue weighted by atomic mass is 9.87. The molecule has 8 heteroatoms. The molecule has 2 aromatic carbocycles. The first-order chi connectivity index (χ1) is 14.4. The van der Waals surface area contributed by atoms with Crippen LogP contribution in [0.5, 0.6) is 5.75 Å². The summed E-state index contributed by atoms with van der Waals surface area (Å²) in [5, 5.41) is 3.67. The molecule has 1 aliphatic rings. The number of carbonyl (C=O) groups excluding carboxylic acids is 1. The molecule has 0 unspecified atom stereocenters. The first-order valence-electron chi connectivity index (χ1n) is 9.75. The van der Waals surface area contributed by atoms with Crippen molar-refractivity contribution in [1.29, 1.82) is 0 Å². The molecule has 30 heavy (non-hydrogen) atoms. The normalized spacial score (nSPS) is 18.9. The van der Waals surface area contributed by atoms with Gasteiger partial charge in [-0.15, -0.1) is 0 Å². The summed E-state index contributed by atoms with van der Waals surface area (Å²) >= 11 is 0. The number of ether oxygens (including phenoxy) is 1. The SMILES string of the molecule is COc1cccc2[nH]cc([C@@H](CC(=O)N[C@H]3CCS(=O)(=O)C3)c3cccc(F)c3)c12. The third kappa shape index (κ3) is 4.18. The number of halogens is 1. The van der Waals surface area contributed by atoms with Gasteiger partial charge in [-0.1, -0.05) is 18.2 Å². The van der Waals surface area contributed by atoms with Crippen LogP contribution in [0.25, 0.3) is 10.9 Å². The number of benzene rings is 2. The van der Waals surface area contributed by atoms with Gasteiger partial charge in [-0.05, 0) is 41.8 Å². The van der Waals surface area contributed by atoms with E-state index in [1.54, 1.807) is 19.2 Å². The zero-order valence-corrected chi connectivity index (χ0v) is 17.3. The fourth-order valence-corrected chi connectivity index (χ4v) is 5.81. The maximum absolute atomic E-state index is 14.0. The number of aromatic nitrogens is 1. The van der Waals surface area contributed by atoms with Gasteiger partial charge >= 0.3 is 0 Å². The summed E-state index contributed by atoms with van der Waals surface area (Å²) < 4.78 is 42.9. The van der Waals surface area contributed by atoms with E-state index in [1.807, 2.05) is 24.4 Å². The molecule has 3 aromatic rings. The number of aromatic amines is 1. The average molecular weight is 431 g/mol. The summed E-state index contributed by atoms with van der Waals surface area (Å²) in [5.41, 5.74) is 2.34. The summed E-state index contributed by atoms with van der Waals surface area (Å²) in [7, 11) is -1.51. The fraction of sp³-hybridized carbons (Fsp3) is 0.318. The highest BCUT2D eigenvalue weighted by Crippen LogP contribution is 2.38. The number of rotatable bonds is 6. The molecule has 2 atom stereocenters. The van der Waals surface area contributed by atoms with Crippen molar-refractivity contribution in [3.63, 3.8) is 0 Å². The Bertz CT molecular complexity index is 1190. The van der Waals surface area contributed by atoms with Crippen LogP contribution in [-0.2, 0) is 14.6 Å². The Balaban J connectivity index is 1.69. The third-order valence-corrected chi connectivity index (χ3v) is 7.30. The van der Waals surface area contributed by atoms with Crippen LogP contribution < -0.4 is 10.1 Å². The number of methoxy groups -OCH3 is 1. The van der Waals surface area contributed by atoms with Gasteiger partial charge in [-0.25, -0.2) is 12.8 Å². The highest BCUT2D eigenvalue weighted by atomic mass is 32.2. The molecule has 1 amide bonds. The number of hydrogen-bond acceptors (Lipinski definition) is 4. The number of hydrogen-bond donors (Lipinski definition) is 2. The molecule has 1 aliphatic heterocycles. The van der Waals surface area contributed by atoms with Gasteiger partial charge in [-0.2, -0.15) is 0 Å². The molecular weight excluding hydrogens is 407 g/mol. The first kappa shape index (κ1) is 20.4. The van der Waals surface area contributed by atoms with Crippen molar-refractivity contribution in [3.8, 4) is 5.75 Å². The Hall–Kier alpha value is -2.87. The Morgan fingerprint density at radius 1 is 1.30 bits per heavy atom. The minimum Gasteiger partial charge on any atom is -0.496 e. The van der Waals surface area contributed by atoms with Crippen molar-refractivity contribution in [3.05, 3.63) is 65.6 Å². The molecule has 6 nitrogen and oxygen atoms in total. The van der Waals surface area contributed by atoms with Crippen LogP contribution in [0.4, 0.5) is 4.39 Å². The topological polar surface area (TPSA) is 88.3 Å². The number of H-pyrrole nitrogens is 1. The van der Waals surface area contributed by atoms with E-state index >= 15 is 0 Å². The van der Waals surface area contributed by atoms with E-state index in [2.05, 4.69) is 10.3 Å². The standard InChI is InChI=1S/C22H23FN2O4S/c1-29-20-7-3-6-19-22(20)18(12-24-19)17(14-4-2-5-15(23)10-14)11-21(26)25-16-8-9-30(27,28)13-16/h2-7,10,12,16-17,24H,8-9,11,13H2,1H3,(H,25,26)/t16-,17-/m0/s1. The van der Waals surface area contributed by atoms with Gasteiger partial charge in [0.05, 0.1) is 18.6 Å². The van der Waals surface area contributed by atoms with Crippen LogP contribution in [0.1, 0.15) is 29.9 Å². The maximum Gasteiger partial charge on any atom is 0.221 e. The first-order valence-corrected chi connectivity index (χ1v) is 11.6. The van der Waals surface area contributed by atoms with Crippen LogP contribution in [0.3, 0.4) is 0 Å². The molecule has 2 N–H and O–H groups in total. The van der Waals surface area contributed by atoms with Gasteiger partial charge in [0.15, 0.2) is 9.84 Å². The van der Waals surface area contributed by atoms with Crippen molar-refractivity contribution in [1.82, 2.24) is 10.3 Å². The third-order valence-electron chi connectivity index (χ3n) is 5.53. The smallest absolute Gasteiger partial charge is 0.221 e. The molecular formula is C22H23FN2O4S. The van der Waals surface area contributed by atoms with Crippen molar-refractivity contribution in [2.45, 2.75) is 24.8 Å². The molecule has 2 heterocycles. The molecule has 1 saturated heterocycles. The number of nitrogens with one attached hydrogen (secondary N) is 2. The van der Waals surface area contributed by atoms with Gasteiger partial charge in [0, 0.05) is 35.5 Å². The Labute approximate surface area is 174 Å². The second kappa shape index (κ2) is 8.10. The van der Waals surface area contributed by atoms with Crippen LogP contribution in [0, 0.1) is 5.82 Å². The minimum atomic E-state index is -3.09. The number of amides is 1. The minimum absolute atomic E-state index is 0.0374. The van der Waals surface area contributed by atoms with Gasteiger partial charge in [-0.3, -0.25) is 4.79 Å². The molecule has 0 radical (unpaired) electrons. The zero-order chi connectivity index (χ0) is 21.3. The monoisotopic (exact) mass is 430 g/mol. The highest BCUT2D eigenvalue weighted by Gasteiger charge is 2.30. The van der Waals surface area contributed by atoms with Crippen LogP contribution in [0.15, 0.2) is 48.7 Å². The molecule has 0 bridgehead atoms. The molecule has 4 rings (SSSR count). The quantitative estimate of drug-likeness (QED) is 0.629. The van der Waals surface area contributed by atoms with Crippen molar-refractivity contribution in [2.75, 3.05) is 18.6 Å². The van der Waals surface area contributed by atoms with Crippen molar-refractivity contribution >= 4 is 26.6 Å². The summed E-state index contributed by atoms with van der Waals surface area (Å²) in [4.78, 5) is 16.0. The molecule has 0 spiro atoms. The Kier molecular flexibility index (Phi) is 5.51. The number of sulfone groups is 1. The molecule has 158 valence electrons. The van der Waals surface area contributed by atoms with Crippen molar-refractivity contribution < 1.29 is 22.3 Å². The van der Waals surface area contributed by atoms with Crippen LogP contribution in [-0.4, -0.2) is 44.0 Å².